The minimum absolute atomic E-state index is 0.141. The number of ether oxygens (including phenoxy) is 2. The summed E-state index contributed by atoms with van der Waals surface area (Å²) in [7, 11) is -3.62. The monoisotopic (exact) mass is 296 g/mol. The molecule has 2 aliphatic rings. The van der Waals surface area contributed by atoms with Crippen LogP contribution >= 0.6 is 0 Å². The van der Waals surface area contributed by atoms with Gasteiger partial charge in [-0.1, -0.05) is 0 Å². The summed E-state index contributed by atoms with van der Waals surface area (Å²) in [5.41, 5.74) is 0. The summed E-state index contributed by atoms with van der Waals surface area (Å²) in [6.07, 6.45) is 2.18. The molecule has 0 N–H and O–H groups in total. The Labute approximate surface area is 117 Å². The Morgan fingerprint density at radius 1 is 1.05 bits per heavy atom. The lowest BCUT2D eigenvalue weighted by Crippen LogP contribution is -2.25. The molecule has 5 nitrogen and oxygen atoms in total. The Morgan fingerprint density at radius 2 is 1.80 bits per heavy atom. The molecule has 1 aromatic rings. The van der Waals surface area contributed by atoms with E-state index in [2.05, 4.69) is 0 Å². The highest BCUT2D eigenvalue weighted by Gasteiger charge is 2.37. The third-order valence-electron chi connectivity index (χ3n) is 3.67. The van der Waals surface area contributed by atoms with Crippen LogP contribution in [0.5, 0.6) is 11.5 Å². The summed E-state index contributed by atoms with van der Waals surface area (Å²) in [5.74, 6) is 0.810. The molecule has 1 heterocycles. The number of ketones is 1. The first-order chi connectivity index (χ1) is 9.59. The molecule has 0 amide bonds. The largest absolute Gasteiger partial charge is 0.490 e. The molecule has 3 rings (SSSR count). The van der Waals surface area contributed by atoms with Crippen LogP contribution in [0.25, 0.3) is 0 Å². The van der Waals surface area contributed by atoms with Gasteiger partial charge in [-0.15, -0.1) is 0 Å². The predicted molar refractivity (Wildman–Crippen MR) is 71.9 cm³/mol. The summed E-state index contributed by atoms with van der Waals surface area (Å²) in [4.78, 5) is 11.8. The van der Waals surface area contributed by atoms with Crippen molar-refractivity contribution in [2.75, 3.05) is 13.2 Å². The first-order valence-corrected chi connectivity index (χ1v) is 8.30. The van der Waals surface area contributed by atoms with Gasteiger partial charge in [0.05, 0.1) is 18.1 Å². The van der Waals surface area contributed by atoms with Gasteiger partial charge in [-0.3, -0.25) is 4.79 Å². The van der Waals surface area contributed by atoms with Crippen molar-refractivity contribution >= 4 is 15.6 Å². The van der Waals surface area contributed by atoms with Crippen molar-refractivity contribution < 1.29 is 22.7 Å². The lowest BCUT2D eigenvalue weighted by molar-refractivity contribution is -0.117. The first-order valence-electron chi connectivity index (χ1n) is 6.75. The molecule has 0 aromatic heterocycles. The van der Waals surface area contributed by atoms with Crippen molar-refractivity contribution in [2.24, 2.45) is 0 Å². The summed E-state index contributed by atoms with van der Waals surface area (Å²) < 4.78 is 36.0. The molecule has 1 aromatic carbocycles. The number of fused-ring (bicyclic) bond motifs is 1. The number of carbonyl (C=O) groups is 1. The van der Waals surface area contributed by atoms with Gasteiger partial charge in [0.25, 0.3) is 0 Å². The van der Waals surface area contributed by atoms with Crippen LogP contribution in [0.2, 0.25) is 0 Å². The van der Waals surface area contributed by atoms with Gasteiger partial charge < -0.3 is 9.47 Å². The van der Waals surface area contributed by atoms with Crippen molar-refractivity contribution in [3.8, 4) is 11.5 Å². The summed E-state index contributed by atoms with van der Waals surface area (Å²) in [6.45, 7) is 1.05. The van der Waals surface area contributed by atoms with Crippen LogP contribution in [0.4, 0.5) is 0 Å². The standard InChI is InChI=1S/C14H16O5S/c15-11-3-1-4-14(11)20(16,17)10-5-6-12-13(9-10)19-8-2-7-18-12/h5-6,9,14H,1-4,7-8H2. The quantitative estimate of drug-likeness (QED) is 0.831. The lowest BCUT2D eigenvalue weighted by atomic mass is 10.3. The zero-order valence-electron chi connectivity index (χ0n) is 11.0. The van der Waals surface area contributed by atoms with Crippen molar-refractivity contribution in [3.05, 3.63) is 18.2 Å². The van der Waals surface area contributed by atoms with E-state index in [4.69, 9.17) is 9.47 Å². The Kier molecular flexibility index (Phi) is 3.41. The van der Waals surface area contributed by atoms with Gasteiger partial charge in [0.1, 0.15) is 5.25 Å². The average Bonchev–Trinajstić information content (AvgIpc) is 2.73. The van der Waals surface area contributed by atoms with E-state index in [9.17, 15) is 13.2 Å². The van der Waals surface area contributed by atoms with Crippen molar-refractivity contribution in [3.63, 3.8) is 0 Å². The topological polar surface area (TPSA) is 69.7 Å². The van der Waals surface area contributed by atoms with Crippen LogP contribution in [0.3, 0.4) is 0 Å². The highest BCUT2D eigenvalue weighted by Crippen LogP contribution is 2.34. The predicted octanol–water partition coefficient (Wildman–Crippen LogP) is 1.74. The maximum Gasteiger partial charge on any atom is 0.188 e. The molecule has 108 valence electrons. The van der Waals surface area contributed by atoms with E-state index in [1.807, 2.05) is 0 Å². The number of rotatable bonds is 2. The number of hydrogen-bond acceptors (Lipinski definition) is 5. The molecule has 1 saturated carbocycles. The van der Waals surface area contributed by atoms with Crippen LogP contribution in [-0.2, 0) is 14.6 Å². The second-order valence-corrected chi connectivity index (χ2v) is 7.18. The van der Waals surface area contributed by atoms with Gasteiger partial charge in [-0.25, -0.2) is 8.42 Å². The summed E-state index contributed by atoms with van der Waals surface area (Å²) >= 11 is 0. The molecule has 1 unspecified atom stereocenters. The number of Topliss-reactive ketones (excluding diaryl/α,β-unsaturated/α-hetero) is 1. The average molecular weight is 296 g/mol. The van der Waals surface area contributed by atoms with Crippen LogP contribution in [0.1, 0.15) is 25.7 Å². The van der Waals surface area contributed by atoms with E-state index in [-0.39, 0.29) is 10.7 Å². The molecule has 0 saturated heterocycles. The van der Waals surface area contributed by atoms with E-state index in [0.29, 0.717) is 44.0 Å². The third kappa shape index (κ3) is 2.28. The second-order valence-electron chi connectivity index (χ2n) is 5.05. The molecule has 1 atom stereocenters. The minimum atomic E-state index is -3.62. The second kappa shape index (κ2) is 5.09. The van der Waals surface area contributed by atoms with E-state index < -0.39 is 15.1 Å². The zero-order valence-corrected chi connectivity index (χ0v) is 11.8. The molecule has 0 bridgehead atoms. The van der Waals surface area contributed by atoms with Gasteiger partial charge in [-0.2, -0.15) is 0 Å². The fraction of sp³-hybridized carbons (Fsp3) is 0.500. The fourth-order valence-corrected chi connectivity index (χ4v) is 4.40. The summed E-state index contributed by atoms with van der Waals surface area (Å²) in [6, 6.07) is 4.57. The highest BCUT2D eigenvalue weighted by atomic mass is 32.2. The van der Waals surface area contributed by atoms with Crippen molar-refractivity contribution in [2.45, 2.75) is 35.8 Å². The SMILES string of the molecule is O=C1CCCC1S(=O)(=O)c1ccc2c(c1)OCCCO2. The maximum atomic E-state index is 12.5. The van der Waals surface area contributed by atoms with Gasteiger partial charge in [0.15, 0.2) is 27.1 Å². The molecule has 20 heavy (non-hydrogen) atoms. The number of benzene rings is 1. The van der Waals surface area contributed by atoms with E-state index in [1.165, 1.54) is 12.1 Å². The van der Waals surface area contributed by atoms with Crippen LogP contribution in [0.15, 0.2) is 23.1 Å². The molecular weight excluding hydrogens is 280 g/mol. The van der Waals surface area contributed by atoms with Crippen LogP contribution in [-0.4, -0.2) is 32.7 Å². The molecule has 0 radical (unpaired) electrons. The van der Waals surface area contributed by atoms with Gasteiger partial charge in [0.2, 0.25) is 0 Å². The maximum absolute atomic E-state index is 12.5. The van der Waals surface area contributed by atoms with Crippen LogP contribution < -0.4 is 9.47 Å². The Morgan fingerprint density at radius 3 is 2.50 bits per heavy atom. The molecular formula is C14H16O5S. The minimum Gasteiger partial charge on any atom is -0.490 e. The molecule has 0 spiro atoms. The van der Waals surface area contributed by atoms with Gasteiger partial charge >= 0.3 is 0 Å². The fourth-order valence-electron chi connectivity index (χ4n) is 2.60. The first kappa shape index (κ1) is 13.4. The van der Waals surface area contributed by atoms with Crippen molar-refractivity contribution in [1.29, 1.82) is 0 Å². The zero-order chi connectivity index (χ0) is 14.2. The Bertz CT molecular complexity index is 635. The van der Waals surface area contributed by atoms with E-state index in [0.717, 1.165) is 6.42 Å². The Hall–Kier alpha value is -1.56. The Balaban J connectivity index is 1.98. The normalized spacial score (nSPS) is 22.6. The molecule has 1 fully saturated rings. The van der Waals surface area contributed by atoms with Crippen LogP contribution in [0, 0.1) is 0 Å². The summed E-state index contributed by atoms with van der Waals surface area (Å²) in [5, 5.41) is -0.896. The third-order valence-corrected chi connectivity index (χ3v) is 5.83. The number of carbonyl (C=O) groups excluding carboxylic acids is 1. The van der Waals surface area contributed by atoms with E-state index >= 15 is 0 Å². The van der Waals surface area contributed by atoms with E-state index in [1.54, 1.807) is 6.07 Å². The van der Waals surface area contributed by atoms with Gasteiger partial charge in [0, 0.05) is 18.9 Å². The molecule has 1 aliphatic heterocycles. The molecule has 1 aliphatic carbocycles. The number of hydrogen-bond donors (Lipinski definition) is 0. The highest BCUT2D eigenvalue weighted by molar-refractivity contribution is 7.92. The van der Waals surface area contributed by atoms with Crippen molar-refractivity contribution in [1.82, 2.24) is 0 Å². The molecule has 6 heteroatoms. The number of sulfone groups is 1. The van der Waals surface area contributed by atoms with Gasteiger partial charge in [-0.05, 0) is 25.0 Å². The smallest absolute Gasteiger partial charge is 0.188 e. The lowest BCUT2D eigenvalue weighted by Gasteiger charge is -2.13.